The molecule has 0 radical (unpaired) electrons. The molecule has 0 aliphatic heterocycles. The fourth-order valence-electron chi connectivity index (χ4n) is 10.5. The molecule has 1 heterocycles. The van der Waals surface area contributed by atoms with Crippen molar-refractivity contribution in [1.29, 1.82) is 0 Å². The Morgan fingerprint density at radius 1 is 0.327 bits per heavy atom. The van der Waals surface area contributed by atoms with E-state index >= 15 is 0 Å². The van der Waals surface area contributed by atoms with Gasteiger partial charge in [-0.3, -0.25) is 0 Å². The highest BCUT2D eigenvalue weighted by Gasteiger charge is 2.38. The highest BCUT2D eigenvalue weighted by atomic mass is 32.1. The third kappa shape index (κ3) is 4.12. The van der Waals surface area contributed by atoms with Crippen LogP contribution in [0.3, 0.4) is 0 Å². The summed E-state index contributed by atoms with van der Waals surface area (Å²) in [6.45, 7) is 9.60. The van der Waals surface area contributed by atoms with Gasteiger partial charge < -0.3 is 0 Å². The first-order valence-corrected chi connectivity index (χ1v) is 20.3. The molecule has 0 saturated heterocycles. The lowest BCUT2D eigenvalue weighted by Crippen LogP contribution is -2.15. The van der Waals surface area contributed by atoms with Crippen molar-refractivity contribution in [3.63, 3.8) is 0 Å². The van der Waals surface area contributed by atoms with Gasteiger partial charge in [-0.15, -0.1) is 11.3 Å². The second-order valence-corrected chi connectivity index (χ2v) is 17.9. The molecule has 1 heteroatoms. The molecule has 2 aliphatic rings. The first-order chi connectivity index (χ1) is 26.8. The van der Waals surface area contributed by atoms with Crippen molar-refractivity contribution < 1.29 is 0 Å². The van der Waals surface area contributed by atoms with E-state index < -0.39 is 0 Å². The van der Waals surface area contributed by atoms with Crippen LogP contribution in [0, 0.1) is 0 Å². The summed E-state index contributed by atoms with van der Waals surface area (Å²) >= 11 is 1.92. The van der Waals surface area contributed by atoms with Crippen LogP contribution >= 0.6 is 11.3 Å². The van der Waals surface area contributed by atoms with Gasteiger partial charge in [-0.1, -0.05) is 155 Å². The predicted octanol–water partition coefficient (Wildman–Crippen LogP) is 15.5. The highest BCUT2D eigenvalue weighted by molar-refractivity contribution is 7.26. The maximum absolute atomic E-state index is 2.52. The van der Waals surface area contributed by atoms with E-state index in [0.29, 0.717) is 0 Å². The molecular weight excluding hydrogens is 681 g/mol. The van der Waals surface area contributed by atoms with Gasteiger partial charge in [-0.05, 0) is 129 Å². The van der Waals surface area contributed by atoms with Crippen LogP contribution in [-0.4, -0.2) is 0 Å². The summed E-state index contributed by atoms with van der Waals surface area (Å²) in [6.07, 6.45) is 0. The molecule has 260 valence electrons. The van der Waals surface area contributed by atoms with Gasteiger partial charge in [0.05, 0.1) is 0 Å². The molecular formula is C54H38S. The van der Waals surface area contributed by atoms with Gasteiger partial charge in [0.25, 0.3) is 0 Å². The minimum Gasteiger partial charge on any atom is -0.135 e. The minimum atomic E-state index is -0.143. The Morgan fingerprint density at radius 2 is 0.873 bits per heavy atom. The van der Waals surface area contributed by atoms with Gasteiger partial charge in [0.15, 0.2) is 0 Å². The molecule has 1 aromatic heterocycles. The second-order valence-electron chi connectivity index (χ2n) is 16.8. The molecule has 0 spiro atoms. The average Bonchev–Trinajstić information content (AvgIpc) is 3.76. The summed E-state index contributed by atoms with van der Waals surface area (Å²) < 4.78 is 2.73. The Balaban J connectivity index is 1.08. The molecule has 0 amide bonds. The normalized spacial score (nSPS) is 14.8. The predicted molar refractivity (Wildman–Crippen MR) is 238 cm³/mol. The van der Waals surface area contributed by atoms with Crippen LogP contribution in [-0.2, 0) is 10.8 Å². The van der Waals surface area contributed by atoms with E-state index in [1.807, 2.05) is 11.3 Å². The van der Waals surface area contributed by atoms with Crippen molar-refractivity contribution in [3.05, 3.63) is 180 Å². The van der Waals surface area contributed by atoms with Crippen molar-refractivity contribution in [2.24, 2.45) is 0 Å². The van der Waals surface area contributed by atoms with E-state index in [2.05, 4.69) is 185 Å². The number of thiophene rings is 1. The highest BCUT2D eigenvalue weighted by Crippen LogP contribution is 2.56. The fraction of sp³-hybridized carbons (Fsp3) is 0.111. The monoisotopic (exact) mass is 718 g/mol. The average molecular weight is 719 g/mol. The van der Waals surface area contributed by atoms with Crippen LogP contribution < -0.4 is 0 Å². The first kappa shape index (κ1) is 31.3. The van der Waals surface area contributed by atoms with Gasteiger partial charge >= 0.3 is 0 Å². The minimum absolute atomic E-state index is 0.0567. The van der Waals surface area contributed by atoms with Crippen molar-refractivity contribution in [2.45, 2.75) is 38.5 Å². The molecule has 0 N–H and O–H groups in total. The van der Waals surface area contributed by atoms with E-state index in [1.165, 1.54) is 119 Å². The Hall–Kier alpha value is -6.02. The lowest BCUT2D eigenvalue weighted by Gasteiger charge is -2.24. The van der Waals surface area contributed by atoms with Crippen LogP contribution in [0.1, 0.15) is 49.9 Å². The molecule has 0 fully saturated rings. The Labute approximate surface area is 325 Å². The fourth-order valence-corrected chi connectivity index (χ4v) is 11.7. The molecule has 0 unspecified atom stereocenters. The number of benzene rings is 9. The third-order valence-corrected chi connectivity index (χ3v) is 14.3. The number of hydrogen-bond acceptors (Lipinski definition) is 1. The van der Waals surface area contributed by atoms with Crippen LogP contribution in [0.25, 0.3) is 97.0 Å². The summed E-state index contributed by atoms with van der Waals surface area (Å²) in [7, 11) is 0. The number of rotatable bonds is 2. The van der Waals surface area contributed by atoms with E-state index in [4.69, 9.17) is 0 Å². The number of fused-ring (bicyclic) bond motifs is 12. The third-order valence-electron chi connectivity index (χ3n) is 13.2. The van der Waals surface area contributed by atoms with Crippen molar-refractivity contribution >= 4 is 63.8 Å². The zero-order valence-electron chi connectivity index (χ0n) is 31.4. The zero-order chi connectivity index (χ0) is 36.8. The second kappa shape index (κ2) is 10.8. The molecule has 9 aromatic carbocycles. The smallest absolute Gasteiger partial charge is 0.0361 e. The molecule has 2 aliphatic carbocycles. The van der Waals surface area contributed by atoms with Gasteiger partial charge in [0, 0.05) is 31.0 Å². The molecule has 10 aromatic rings. The van der Waals surface area contributed by atoms with Gasteiger partial charge in [0.1, 0.15) is 0 Å². The summed E-state index contributed by atoms with van der Waals surface area (Å²) in [6, 6.07) is 60.0. The maximum atomic E-state index is 2.52. The van der Waals surface area contributed by atoms with E-state index in [-0.39, 0.29) is 10.8 Å². The molecule has 0 atom stereocenters. The quantitative estimate of drug-likeness (QED) is 0.156. The van der Waals surface area contributed by atoms with Crippen molar-refractivity contribution in [1.82, 2.24) is 0 Å². The maximum Gasteiger partial charge on any atom is 0.0361 e. The zero-order valence-corrected chi connectivity index (χ0v) is 32.2. The van der Waals surface area contributed by atoms with Crippen molar-refractivity contribution in [2.75, 3.05) is 0 Å². The summed E-state index contributed by atoms with van der Waals surface area (Å²) in [5.74, 6) is 0. The molecule has 0 nitrogen and oxygen atoms in total. The molecule has 0 bridgehead atoms. The van der Waals surface area contributed by atoms with E-state index in [9.17, 15) is 0 Å². The van der Waals surface area contributed by atoms with Crippen LogP contribution in [0.4, 0.5) is 0 Å². The largest absolute Gasteiger partial charge is 0.135 e. The Kier molecular flexibility index (Phi) is 6.16. The molecule has 55 heavy (non-hydrogen) atoms. The van der Waals surface area contributed by atoms with Crippen LogP contribution in [0.5, 0.6) is 0 Å². The van der Waals surface area contributed by atoms with E-state index in [1.54, 1.807) is 0 Å². The lowest BCUT2D eigenvalue weighted by atomic mass is 9.79. The van der Waals surface area contributed by atoms with Crippen LogP contribution in [0.15, 0.2) is 158 Å². The Morgan fingerprint density at radius 3 is 1.62 bits per heavy atom. The first-order valence-electron chi connectivity index (χ1n) is 19.5. The van der Waals surface area contributed by atoms with Gasteiger partial charge in [0.2, 0.25) is 0 Å². The van der Waals surface area contributed by atoms with Gasteiger partial charge in [-0.25, -0.2) is 0 Å². The van der Waals surface area contributed by atoms with Crippen LogP contribution in [0.2, 0.25) is 0 Å². The molecule has 12 rings (SSSR count). The SMILES string of the molecule is CC1(C)c2cc(-c3c4ccccc4c(-c4cccc5c4-c4ccccc4C5(C)C)c4ccccc34)ccc2-c2cc3sc4cc5ccccc5cc4c3cc21. The van der Waals surface area contributed by atoms with E-state index in [0.717, 1.165) is 0 Å². The summed E-state index contributed by atoms with van der Waals surface area (Å²) in [5.41, 5.74) is 16.2. The van der Waals surface area contributed by atoms with Crippen molar-refractivity contribution in [3.8, 4) is 44.5 Å². The van der Waals surface area contributed by atoms with Gasteiger partial charge in [-0.2, -0.15) is 0 Å². The lowest BCUT2D eigenvalue weighted by molar-refractivity contribution is 0.660. The summed E-state index contributed by atoms with van der Waals surface area (Å²) in [4.78, 5) is 0. The molecule has 0 saturated carbocycles. The Bertz CT molecular complexity index is 3260. The standard InChI is InChI=1S/C54H38S/c1-53(2)44-22-12-11-20-39(44)52-40(21-13-23-45(52)53)51-37-18-9-7-16-35(37)50(36-17-8-10-19-38(36)51)33-24-25-34-41-30-49-43(29-47(41)54(3,4)46(34)27-33)42-26-31-14-5-6-15-32(31)28-48(42)55-49/h5-30H,1-4H3. The number of hydrogen-bond donors (Lipinski definition) is 0. The summed E-state index contributed by atoms with van der Waals surface area (Å²) in [5, 5.41) is 10.5. The topological polar surface area (TPSA) is 0 Å².